The number of unbranched alkanes of at least 4 members (excludes halogenated alkanes) is 4. The van der Waals surface area contributed by atoms with E-state index in [-0.39, 0.29) is 12.0 Å². The molecule has 1 rings (SSSR count). The quantitative estimate of drug-likeness (QED) is 0.515. The highest BCUT2D eigenvalue weighted by Gasteiger charge is 2.40. The second-order valence-corrected chi connectivity index (χ2v) is 5.80. The highest BCUT2D eigenvalue weighted by Crippen LogP contribution is 2.41. The number of carbonyl (C=O) groups excluding carboxylic acids is 1. The molecule has 0 fully saturated rings. The van der Waals surface area contributed by atoms with Gasteiger partial charge in [0.1, 0.15) is 11.3 Å². The Labute approximate surface area is 140 Å². The molecule has 24 heavy (non-hydrogen) atoms. The van der Waals surface area contributed by atoms with Crippen molar-refractivity contribution in [2.45, 2.75) is 65.0 Å². The number of rotatable bonds is 8. The van der Waals surface area contributed by atoms with Gasteiger partial charge in [0.2, 0.25) is 0 Å². The monoisotopic (exact) mass is 346 g/mol. The molecule has 0 saturated heterocycles. The molecule has 0 amide bonds. The molecular weight excluding hydrogens is 321 g/mol. The molecule has 0 radical (unpaired) electrons. The van der Waals surface area contributed by atoms with Gasteiger partial charge in [0.25, 0.3) is 0 Å². The number of hydrogen-bond donors (Lipinski definition) is 1. The minimum atomic E-state index is -4.73. The molecule has 0 unspecified atom stereocenters. The maximum absolute atomic E-state index is 13.4. The van der Waals surface area contributed by atoms with Gasteiger partial charge in [-0.1, -0.05) is 45.6 Å². The predicted octanol–water partition coefficient (Wildman–Crippen LogP) is 5.27. The number of esters is 1. The second kappa shape index (κ2) is 8.94. The van der Waals surface area contributed by atoms with Crippen LogP contribution in [-0.4, -0.2) is 18.2 Å². The lowest BCUT2D eigenvalue weighted by atomic mass is 9.92. The molecule has 0 aliphatic carbocycles. The molecule has 136 valence electrons. The van der Waals surface area contributed by atoms with Crippen molar-refractivity contribution in [3.8, 4) is 5.75 Å². The summed E-state index contributed by atoms with van der Waals surface area (Å²) in [5.74, 6) is -1.77. The number of phenols is 1. The summed E-state index contributed by atoms with van der Waals surface area (Å²) < 4.78 is 44.6. The van der Waals surface area contributed by atoms with Crippen molar-refractivity contribution in [1.82, 2.24) is 0 Å². The van der Waals surface area contributed by atoms with E-state index < -0.39 is 29.0 Å². The largest absolute Gasteiger partial charge is 0.507 e. The van der Waals surface area contributed by atoms with Crippen LogP contribution in [-0.2, 0) is 23.8 Å². The Morgan fingerprint density at radius 1 is 1.12 bits per heavy atom. The van der Waals surface area contributed by atoms with Gasteiger partial charge < -0.3 is 9.84 Å². The third-order valence-corrected chi connectivity index (χ3v) is 4.06. The van der Waals surface area contributed by atoms with Crippen molar-refractivity contribution in [3.05, 3.63) is 28.3 Å². The van der Waals surface area contributed by atoms with Crippen molar-refractivity contribution < 1.29 is 27.8 Å². The minimum Gasteiger partial charge on any atom is -0.507 e. The second-order valence-electron chi connectivity index (χ2n) is 5.80. The third kappa shape index (κ3) is 4.89. The van der Waals surface area contributed by atoms with Gasteiger partial charge in [-0.2, -0.15) is 13.2 Å². The molecule has 0 heterocycles. The fraction of sp³-hybridized carbons (Fsp3) is 0.611. The molecule has 0 aliphatic heterocycles. The van der Waals surface area contributed by atoms with Gasteiger partial charge in [0.15, 0.2) is 0 Å². The summed E-state index contributed by atoms with van der Waals surface area (Å²) in [5.41, 5.74) is -1.49. The van der Waals surface area contributed by atoms with E-state index in [0.717, 1.165) is 39.2 Å². The molecule has 0 atom stereocenters. The molecular formula is C18H25F3O3. The molecule has 0 bridgehead atoms. The zero-order chi connectivity index (χ0) is 18.3. The summed E-state index contributed by atoms with van der Waals surface area (Å²) in [6.07, 6.45) is 0.748. The highest BCUT2D eigenvalue weighted by molar-refractivity contribution is 5.95. The van der Waals surface area contributed by atoms with E-state index in [1.807, 2.05) is 0 Å². The van der Waals surface area contributed by atoms with Crippen LogP contribution in [0.1, 0.15) is 73.0 Å². The lowest BCUT2D eigenvalue weighted by Crippen LogP contribution is -2.18. The molecule has 0 saturated carbocycles. The maximum Gasteiger partial charge on any atom is 0.417 e. The number of aromatic hydroxyl groups is 1. The average Bonchev–Trinajstić information content (AvgIpc) is 2.53. The number of carbonyl (C=O) groups is 1. The molecule has 1 N–H and O–H groups in total. The number of benzene rings is 1. The number of halogens is 3. The van der Waals surface area contributed by atoms with E-state index in [1.165, 1.54) is 6.07 Å². The summed E-state index contributed by atoms with van der Waals surface area (Å²) in [6, 6.07) is 1.37. The summed E-state index contributed by atoms with van der Waals surface area (Å²) in [5, 5.41) is 10.3. The van der Waals surface area contributed by atoms with Crippen LogP contribution in [0.3, 0.4) is 0 Å². The summed E-state index contributed by atoms with van der Waals surface area (Å²) in [7, 11) is 1.00. The van der Waals surface area contributed by atoms with Crippen molar-refractivity contribution in [3.63, 3.8) is 0 Å². The van der Waals surface area contributed by atoms with Crippen LogP contribution < -0.4 is 0 Å². The Balaban J connectivity index is 3.26. The number of methoxy groups -OCH3 is 1. The molecule has 0 spiro atoms. The summed E-state index contributed by atoms with van der Waals surface area (Å²) >= 11 is 0. The van der Waals surface area contributed by atoms with Gasteiger partial charge in [0.05, 0.1) is 12.7 Å². The summed E-state index contributed by atoms with van der Waals surface area (Å²) in [4.78, 5) is 11.9. The predicted molar refractivity (Wildman–Crippen MR) is 86.3 cm³/mol. The van der Waals surface area contributed by atoms with Gasteiger partial charge in [-0.25, -0.2) is 4.79 Å². The normalized spacial score (nSPS) is 11.6. The van der Waals surface area contributed by atoms with Crippen LogP contribution in [0.15, 0.2) is 6.07 Å². The van der Waals surface area contributed by atoms with Gasteiger partial charge in [-0.05, 0) is 30.4 Å². The molecule has 1 aromatic rings. The van der Waals surface area contributed by atoms with E-state index in [4.69, 9.17) is 0 Å². The number of ether oxygens (including phenoxy) is 1. The molecule has 0 aliphatic rings. The lowest BCUT2D eigenvalue weighted by molar-refractivity contribution is -0.138. The van der Waals surface area contributed by atoms with E-state index in [2.05, 4.69) is 11.7 Å². The standard InChI is InChI=1S/C18H25F3O3/c1-4-6-7-8-9-10-13-11-12(5-2)15(18(19,20)21)14(16(13)22)17(23)24-3/h11,22H,4-10H2,1-3H3. The SMILES string of the molecule is CCCCCCCc1cc(CC)c(C(F)(F)F)c(C(=O)OC)c1O. The van der Waals surface area contributed by atoms with Gasteiger partial charge >= 0.3 is 12.1 Å². The van der Waals surface area contributed by atoms with Crippen LogP contribution in [0.25, 0.3) is 0 Å². The van der Waals surface area contributed by atoms with E-state index in [1.54, 1.807) is 6.92 Å². The minimum absolute atomic E-state index is 0.00394. The zero-order valence-electron chi connectivity index (χ0n) is 14.4. The Morgan fingerprint density at radius 3 is 2.25 bits per heavy atom. The smallest absolute Gasteiger partial charge is 0.417 e. The topological polar surface area (TPSA) is 46.5 Å². The van der Waals surface area contributed by atoms with E-state index in [9.17, 15) is 23.1 Å². The van der Waals surface area contributed by atoms with Crippen LogP contribution in [0.5, 0.6) is 5.75 Å². The van der Waals surface area contributed by atoms with Crippen molar-refractivity contribution in [1.29, 1.82) is 0 Å². The van der Waals surface area contributed by atoms with Gasteiger partial charge in [-0.15, -0.1) is 0 Å². The van der Waals surface area contributed by atoms with Crippen molar-refractivity contribution >= 4 is 5.97 Å². The average molecular weight is 346 g/mol. The van der Waals surface area contributed by atoms with Crippen LogP contribution in [0.2, 0.25) is 0 Å². The Bertz CT molecular complexity index is 566. The van der Waals surface area contributed by atoms with Crippen LogP contribution >= 0.6 is 0 Å². The first-order valence-electron chi connectivity index (χ1n) is 8.31. The van der Waals surface area contributed by atoms with Gasteiger partial charge in [-0.3, -0.25) is 0 Å². The number of alkyl halides is 3. The number of hydrogen-bond acceptors (Lipinski definition) is 3. The molecule has 3 nitrogen and oxygen atoms in total. The first-order chi connectivity index (χ1) is 11.3. The van der Waals surface area contributed by atoms with Gasteiger partial charge in [0, 0.05) is 0 Å². The lowest BCUT2D eigenvalue weighted by Gasteiger charge is -2.19. The molecule has 0 aromatic heterocycles. The van der Waals surface area contributed by atoms with E-state index >= 15 is 0 Å². The fourth-order valence-electron chi connectivity index (χ4n) is 2.80. The van der Waals surface area contributed by atoms with E-state index in [0.29, 0.717) is 12.0 Å². The number of aryl methyl sites for hydroxylation is 2. The Kier molecular flexibility index (Phi) is 7.58. The Morgan fingerprint density at radius 2 is 1.75 bits per heavy atom. The zero-order valence-corrected chi connectivity index (χ0v) is 14.4. The van der Waals surface area contributed by atoms with Crippen LogP contribution in [0.4, 0.5) is 13.2 Å². The Hall–Kier alpha value is -1.72. The van der Waals surface area contributed by atoms with Crippen molar-refractivity contribution in [2.24, 2.45) is 0 Å². The third-order valence-electron chi connectivity index (χ3n) is 4.06. The maximum atomic E-state index is 13.4. The van der Waals surface area contributed by atoms with Crippen LogP contribution in [0, 0.1) is 0 Å². The fourth-order valence-corrected chi connectivity index (χ4v) is 2.80. The summed E-state index contributed by atoms with van der Waals surface area (Å²) in [6.45, 7) is 3.69. The highest BCUT2D eigenvalue weighted by atomic mass is 19.4. The first-order valence-corrected chi connectivity index (χ1v) is 8.31. The number of phenolic OH excluding ortho intramolecular Hbond substituents is 1. The van der Waals surface area contributed by atoms with Crippen molar-refractivity contribution in [2.75, 3.05) is 7.11 Å². The molecule has 1 aromatic carbocycles. The first kappa shape index (κ1) is 20.3. The molecule has 6 heteroatoms.